The van der Waals surface area contributed by atoms with Gasteiger partial charge in [0.1, 0.15) is 5.75 Å². The zero-order chi connectivity index (χ0) is 12.7. The Morgan fingerprint density at radius 3 is 2.94 bits per heavy atom. The lowest BCUT2D eigenvalue weighted by molar-refractivity contribution is 0.101. The summed E-state index contributed by atoms with van der Waals surface area (Å²) in [5.74, 6) is 0.873. The van der Waals surface area contributed by atoms with Crippen molar-refractivity contribution in [2.75, 3.05) is 7.11 Å². The van der Waals surface area contributed by atoms with Crippen LogP contribution in [-0.2, 0) is 12.8 Å². The Balaban J connectivity index is 2.17. The van der Waals surface area contributed by atoms with Gasteiger partial charge in [0.25, 0.3) is 0 Å². The van der Waals surface area contributed by atoms with Crippen LogP contribution in [0.25, 0.3) is 11.3 Å². The zero-order valence-electron chi connectivity index (χ0n) is 10.3. The van der Waals surface area contributed by atoms with Gasteiger partial charge in [-0.1, -0.05) is 6.07 Å². The van der Waals surface area contributed by atoms with Crippen LogP contribution >= 0.6 is 11.3 Å². The fourth-order valence-electron chi connectivity index (χ4n) is 2.25. The van der Waals surface area contributed by atoms with E-state index in [1.165, 1.54) is 21.8 Å². The molecule has 3 rings (SSSR count). The number of thiazole rings is 1. The molecule has 1 aliphatic carbocycles. The van der Waals surface area contributed by atoms with Crippen molar-refractivity contribution in [1.82, 2.24) is 4.98 Å². The first-order chi connectivity index (χ1) is 8.69. The summed E-state index contributed by atoms with van der Waals surface area (Å²) in [5, 5.41) is 0.607. The van der Waals surface area contributed by atoms with E-state index in [1.54, 1.807) is 14.0 Å². The summed E-state index contributed by atoms with van der Waals surface area (Å²) < 4.78 is 5.26. The number of benzene rings is 1. The van der Waals surface area contributed by atoms with Crippen molar-refractivity contribution in [2.45, 2.75) is 19.8 Å². The third-order valence-electron chi connectivity index (χ3n) is 3.19. The SMILES string of the molecule is COc1ccc2c(c1)-c1nc(C(C)=O)sc1CC2. The quantitative estimate of drug-likeness (QED) is 0.778. The van der Waals surface area contributed by atoms with Gasteiger partial charge in [-0.3, -0.25) is 4.79 Å². The number of rotatable bonds is 2. The van der Waals surface area contributed by atoms with Crippen LogP contribution in [0.1, 0.15) is 27.2 Å². The number of fused-ring (bicyclic) bond motifs is 3. The molecule has 0 N–H and O–H groups in total. The van der Waals surface area contributed by atoms with E-state index in [9.17, 15) is 4.79 Å². The summed E-state index contributed by atoms with van der Waals surface area (Å²) in [7, 11) is 1.66. The Labute approximate surface area is 109 Å². The smallest absolute Gasteiger partial charge is 0.188 e. The minimum atomic E-state index is 0.0406. The Hall–Kier alpha value is -1.68. The van der Waals surface area contributed by atoms with Crippen molar-refractivity contribution in [3.63, 3.8) is 0 Å². The molecular formula is C14H13NO2S. The molecule has 18 heavy (non-hydrogen) atoms. The van der Waals surface area contributed by atoms with Crippen LogP contribution in [0.15, 0.2) is 18.2 Å². The molecule has 3 nitrogen and oxygen atoms in total. The maximum absolute atomic E-state index is 11.4. The standard InChI is InChI=1S/C14H13NO2S/c1-8(16)14-15-13-11-7-10(17-2)5-3-9(11)4-6-12(13)18-14/h3,5,7H,4,6H2,1-2H3. The number of hydrogen-bond donors (Lipinski definition) is 0. The number of nitrogens with zero attached hydrogens (tertiary/aromatic N) is 1. The van der Waals surface area contributed by atoms with E-state index in [1.807, 2.05) is 12.1 Å². The average molecular weight is 259 g/mol. The first-order valence-electron chi connectivity index (χ1n) is 5.87. The molecule has 0 aliphatic heterocycles. The number of carbonyl (C=O) groups is 1. The third-order valence-corrected chi connectivity index (χ3v) is 4.41. The monoisotopic (exact) mass is 259 g/mol. The maximum atomic E-state index is 11.4. The molecule has 4 heteroatoms. The zero-order valence-corrected chi connectivity index (χ0v) is 11.1. The molecule has 0 atom stereocenters. The van der Waals surface area contributed by atoms with Crippen LogP contribution in [0.5, 0.6) is 5.75 Å². The number of carbonyl (C=O) groups excluding carboxylic acids is 1. The molecule has 0 saturated carbocycles. The van der Waals surface area contributed by atoms with Crippen molar-refractivity contribution < 1.29 is 9.53 Å². The van der Waals surface area contributed by atoms with Gasteiger partial charge >= 0.3 is 0 Å². The molecule has 0 amide bonds. The number of aromatic nitrogens is 1. The van der Waals surface area contributed by atoms with E-state index < -0.39 is 0 Å². The maximum Gasteiger partial charge on any atom is 0.188 e. The van der Waals surface area contributed by atoms with Crippen LogP contribution < -0.4 is 4.74 Å². The molecule has 92 valence electrons. The van der Waals surface area contributed by atoms with Gasteiger partial charge in [0.2, 0.25) is 0 Å². The second-order valence-electron chi connectivity index (χ2n) is 4.37. The van der Waals surface area contributed by atoms with Crippen LogP contribution in [0, 0.1) is 0 Å². The molecule has 1 heterocycles. The molecule has 0 fully saturated rings. The van der Waals surface area contributed by atoms with Crippen molar-refractivity contribution in [3.8, 4) is 17.0 Å². The van der Waals surface area contributed by atoms with Gasteiger partial charge in [-0.2, -0.15) is 0 Å². The first kappa shape index (κ1) is 11.4. The lowest BCUT2D eigenvalue weighted by atomic mass is 9.93. The molecule has 0 unspecified atom stereocenters. The van der Waals surface area contributed by atoms with Gasteiger partial charge < -0.3 is 4.74 Å². The molecule has 0 saturated heterocycles. The minimum Gasteiger partial charge on any atom is -0.497 e. The topological polar surface area (TPSA) is 39.2 Å². The summed E-state index contributed by atoms with van der Waals surface area (Å²) in [6.07, 6.45) is 1.98. The van der Waals surface area contributed by atoms with Gasteiger partial charge in [0.15, 0.2) is 10.8 Å². The lowest BCUT2D eigenvalue weighted by Gasteiger charge is -2.15. The highest BCUT2D eigenvalue weighted by Crippen LogP contribution is 2.38. The van der Waals surface area contributed by atoms with E-state index in [-0.39, 0.29) is 5.78 Å². The molecule has 0 radical (unpaired) electrons. The number of hydrogen-bond acceptors (Lipinski definition) is 4. The largest absolute Gasteiger partial charge is 0.497 e. The Morgan fingerprint density at radius 2 is 2.22 bits per heavy atom. The van der Waals surface area contributed by atoms with Crippen LogP contribution in [-0.4, -0.2) is 17.9 Å². The number of ketones is 1. The van der Waals surface area contributed by atoms with Crippen LogP contribution in [0.4, 0.5) is 0 Å². The number of ether oxygens (including phenoxy) is 1. The average Bonchev–Trinajstić information content (AvgIpc) is 2.82. The lowest BCUT2D eigenvalue weighted by Crippen LogP contribution is -2.02. The second-order valence-corrected chi connectivity index (χ2v) is 5.45. The van der Waals surface area contributed by atoms with Crippen LogP contribution in [0.3, 0.4) is 0 Å². The normalized spacial score (nSPS) is 12.8. The highest BCUT2D eigenvalue weighted by atomic mass is 32.1. The Kier molecular flexibility index (Phi) is 2.67. The summed E-state index contributed by atoms with van der Waals surface area (Å²) in [5.41, 5.74) is 3.36. The number of methoxy groups -OCH3 is 1. The highest BCUT2D eigenvalue weighted by Gasteiger charge is 2.22. The molecule has 0 bridgehead atoms. The summed E-state index contributed by atoms with van der Waals surface area (Å²) >= 11 is 1.52. The van der Waals surface area contributed by atoms with Gasteiger partial charge in [-0.15, -0.1) is 11.3 Å². The van der Waals surface area contributed by atoms with Crippen molar-refractivity contribution in [3.05, 3.63) is 33.6 Å². The first-order valence-corrected chi connectivity index (χ1v) is 6.68. The fourth-order valence-corrected chi connectivity index (χ4v) is 3.22. The summed E-state index contributed by atoms with van der Waals surface area (Å²) in [4.78, 5) is 17.1. The Morgan fingerprint density at radius 1 is 1.39 bits per heavy atom. The Bertz CT molecular complexity index is 631. The summed E-state index contributed by atoms with van der Waals surface area (Å²) in [6, 6.07) is 6.07. The van der Waals surface area contributed by atoms with Gasteiger partial charge in [-0.25, -0.2) is 4.98 Å². The van der Waals surface area contributed by atoms with E-state index >= 15 is 0 Å². The van der Waals surface area contributed by atoms with Crippen molar-refractivity contribution in [1.29, 1.82) is 0 Å². The second kappa shape index (κ2) is 4.21. The van der Waals surface area contributed by atoms with E-state index in [2.05, 4.69) is 11.1 Å². The minimum absolute atomic E-state index is 0.0406. The molecule has 1 aromatic heterocycles. The van der Waals surface area contributed by atoms with Crippen molar-refractivity contribution >= 4 is 17.1 Å². The molecule has 0 spiro atoms. The highest BCUT2D eigenvalue weighted by molar-refractivity contribution is 7.14. The van der Waals surface area contributed by atoms with E-state index in [4.69, 9.17) is 4.74 Å². The fraction of sp³-hybridized carbons (Fsp3) is 0.286. The van der Waals surface area contributed by atoms with Crippen molar-refractivity contribution in [2.24, 2.45) is 0 Å². The third kappa shape index (κ3) is 1.73. The molecule has 1 aromatic carbocycles. The number of Topliss-reactive ketones (excluding diaryl/α,β-unsaturated/α-hetero) is 1. The predicted molar refractivity (Wildman–Crippen MR) is 71.5 cm³/mol. The predicted octanol–water partition coefficient (Wildman–Crippen LogP) is 3.12. The van der Waals surface area contributed by atoms with Gasteiger partial charge in [-0.05, 0) is 30.5 Å². The number of aryl methyl sites for hydroxylation is 2. The van der Waals surface area contributed by atoms with E-state index in [0.717, 1.165) is 29.8 Å². The van der Waals surface area contributed by atoms with E-state index in [0.29, 0.717) is 5.01 Å². The molecule has 1 aliphatic rings. The molecule has 2 aromatic rings. The summed E-state index contributed by atoms with van der Waals surface area (Å²) in [6.45, 7) is 1.57. The van der Waals surface area contributed by atoms with Gasteiger partial charge in [0, 0.05) is 17.4 Å². The van der Waals surface area contributed by atoms with Gasteiger partial charge in [0.05, 0.1) is 12.8 Å². The van der Waals surface area contributed by atoms with Crippen LogP contribution in [0.2, 0.25) is 0 Å². The molecular weight excluding hydrogens is 246 g/mol.